The third-order valence-corrected chi connectivity index (χ3v) is 5.47. The van der Waals surface area contributed by atoms with Gasteiger partial charge >= 0.3 is 6.18 Å². The van der Waals surface area contributed by atoms with Crippen LogP contribution in [0.15, 0.2) is 60.7 Å². The third kappa shape index (κ3) is 6.02. The Morgan fingerprint density at radius 1 is 1.00 bits per heavy atom. The van der Waals surface area contributed by atoms with Crippen LogP contribution in [-0.4, -0.2) is 60.8 Å². The van der Waals surface area contributed by atoms with Crippen LogP contribution in [0.2, 0.25) is 0 Å². The van der Waals surface area contributed by atoms with Crippen molar-refractivity contribution in [2.45, 2.75) is 6.18 Å². The van der Waals surface area contributed by atoms with Gasteiger partial charge < -0.3 is 19.9 Å². The average molecular weight is 471 g/mol. The number of carbonyl (C=O) groups excluding carboxylic acids is 1. The zero-order chi connectivity index (χ0) is 24.1. The molecule has 0 bridgehead atoms. The summed E-state index contributed by atoms with van der Waals surface area (Å²) in [5.41, 5.74) is 1.25. The molecule has 1 aliphatic rings. The maximum Gasteiger partial charge on any atom is 0.416 e. The monoisotopic (exact) mass is 471 g/mol. The van der Waals surface area contributed by atoms with Gasteiger partial charge in [0.2, 0.25) is 0 Å². The molecule has 178 valence electrons. The molecule has 1 saturated heterocycles. The molecule has 0 saturated carbocycles. The minimum Gasteiger partial charge on any atom is -0.484 e. The average Bonchev–Trinajstić information content (AvgIpc) is 2.84. The second-order valence-electron chi connectivity index (χ2n) is 8.01. The van der Waals surface area contributed by atoms with Gasteiger partial charge in [-0.15, -0.1) is 10.2 Å². The summed E-state index contributed by atoms with van der Waals surface area (Å²) in [7, 11) is 2.10. The van der Waals surface area contributed by atoms with E-state index in [4.69, 9.17) is 4.74 Å². The number of benzene rings is 2. The first-order valence-electron chi connectivity index (χ1n) is 10.8. The second kappa shape index (κ2) is 10.1. The van der Waals surface area contributed by atoms with Gasteiger partial charge in [-0.2, -0.15) is 13.2 Å². The molecular formula is C24H24F3N5O2. The van der Waals surface area contributed by atoms with Crippen molar-refractivity contribution in [3.63, 3.8) is 0 Å². The standard InChI is InChI=1S/C24H24F3N5O2/c1-31-11-13-32(14-12-31)22-10-9-21(29-30-22)17-5-7-19(8-6-17)28-23(33)16-34-20-4-2-3-18(15-20)24(25,26)27/h2-10,15H,11-14,16H2,1H3,(H,28,33). The highest BCUT2D eigenvalue weighted by molar-refractivity contribution is 5.92. The Hall–Kier alpha value is -3.66. The number of nitrogens with zero attached hydrogens (tertiary/aromatic N) is 4. The van der Waals surface area contributed by atoms with E-state index >= 15 is 0 Å². The van der Waals surface area contributed by atoms with Crippen molar-refractivity contribution < 1.29 is 22.7 Å². The molecule has 2 heterocycles. The number of rotatable bonds is 6. The zero-order valence-corrected chi connectivity index (χ0v) is 18.5. The Balaban J connectivity index is 1.31. The first kappa shape index (κ1) is 23.5. The van der Waals surface area contributed by atoms with Crippen molar-refractivity contribution in [1.82, 2.24) is 15.1 Å². The van der Waals surface area contributed by atoms with Crippen LogP contribution in [0.5, 0.6) is 5.75 Å². The fourth-order valence-corrected chi connectivity index (χ4v) is 3.52. The number of nitrogens with one attached hydrogen (secondary N) is 1. The van der Waals surface area contributed by atoms with Crippen molar-refractivity contribution in [2.75, 3.05) is 50.1 Å². The molecule has 34 heavy (non-hydrogen) atoms. The lowest BCUT2D eigenvalue weighted by Crippen LogP contribution is -2.44. The fourth-order valence-electron chi connectivity index (χ4n) is 3.52. The van der Waals surface area contributed by atoms with Crippen LogP contribution in [0.3, 0.4) is 0 Å². The number of piperazine rings is 1. The SMILES string of the molecule is CN1CCN(c2ccc(-c3ccc(NC(=O)COc4cccc(C(F)(F)F)c4)cc3)nn2)CC1. The van der Waals surface area contributed by atoms with E-state index in [-0.39, 0.29) is 5.75 Å². The van der Waals surface area contributed by atoms with Gasteiger partial charge in [-0.1, -0.05) is 18.2 Å². The molecule has 0 atom stereocenters. The lowest BCUT2D eigenvalue weighted by Gasteiger charge is -2.32. The van der Waals surface area contributed by atoms with E-state index in [0.29, 0.717) is 11.4 Å². The molecule has 1 N–H and O–H groups in total. The summed E-state index contributed by atoms with van der Waals surface area (Å²) < 4.78 is 43.5. The molecule has 0 aliphatic carbocycles. The van der Waals surface area contributed by atoms with Crippen LogP contribution in [0.4, 0.5) is 24.7 Å². The number of aromatic nitrogens is 2. The number of halogens is 3. The molecule has 1 amide bonds. The predicted octanol–water partition coefficient (Wildman–Crippen LogP) is 3.93. The Bertz CT molecular complexity index is 1110. The number of anilines is 2. The number of hydrogen-bond donors (Lipinski definition) is 1. The van der Waals surface area contributed by atoms with E-state index in [0.717, 1.165) is 49.7 Å². The Morgan fingerprint density at radius 2 is 1.74 bits per heavy atom. The summed E-state index contributed by atoms with van der Waals surface area (Å²) in [6.07, 6.45) is -4.47. The number of likely N-dealkylation sites (N-methyl/N-ethyl adjacent to an activating group) is 1. The van der Waals surface area contributed by atoms with E-state index in [1.807, 2.05) is 24.3 Å². The van der Waals surface area contributed by atoms with Gasteiger partial charge in [0.05, 0.1) is 11.3 Å². The van der Waals surface area contributed by atoms with Crippen molar-refractivity contribution in [3.05, 3.63) is 66.2 Å². The highest BCUT2D eigenvalue weighted by Gasteiger charge is 2.30. The first-order valence-corrected chi connectivity index (χ1v) is 10.8. The molecule has 1 aromatic heterocycles. The van der Waals surface area contributed by atoms with Gasteiger partial charge in [0.1, 0.15) is 5.75 Å². The van der Waals surface area contributed by atoms with E-state index in [1.165, 1.54) is 12.1 Å². The van der Waals surface area contributed by atoms with Gasteiger partial charge in [-0.05, 0) is 49.5 Å². The fraction of sp³-hybridized carbons (Fsp3) is 0.292. The molecule has 4 rings (SSSR count). The predicted molar refractivity (Wildman–Crippen MR) is 123 cm³/mol. The Morgan fingerprint density at radius 3 is 2.38 bits per heavy atom. The summed E-state index contributed by atoms with van der Waals surface area (Å²) in [5.74, 6) is 0.335. The van der Waals surface area contributed by atoms with Gasteiger partial charge in [0.15, 0.2) is 12.4 Å². The largest absolute Gasteiger partial charge is 0.484 e. The Labute approximate surface area is 195 Å². The molecule has 1 aliphatic heterocycles. The molecule has 2 aromatic carbocycles. The van der Waals surface area contributed by atoms with Crippen LogP contribution in [-0.2, 0) is 11.0 Å². The summed E-state index contributed by atoms with van der Waals surface area (Å²) in [4.78, 5) is 16.6. The summed E-state index contributed by atoms with van der Waals surface area (Å²) in [6.45, 7) is 3.39. The minimum atomic E-state index is -4.47. The van der Waals surface area contributed by atoms with Crippen LogP contribution in [0, 0.1) is 0 Å². The molecular weight excluding hydrogens is 447 g/mol. The minimum absolute atomic E-state index is 0.0288. The maximum atomic E-state index is 12.8. The molecule has 1 fully saturated rings. The van der Waals surface area contributed by atoms with Crippen molar-refractivity contribution in [2.24, 2.45) is 0 Å². The molecule has 0 spiro atoms. The van der Waals surface area contributed by atoms with Gasteiger partial charge in [0.25, 0.3) is 5.91 Å². The van der Waals surface area contributed by atoms with E-state index < -0.39 is 24.3 Å². The van der Waals surface area contributed by atoms with Gasteiger partial charge in [-0.25, -0.2) is 0 Å². The van der Waals surface area contributed by atoms with E-state index in [1.54, 1.807) is 12.1 Å². The van der Waals surface area contributed by atoms with Gasteiger partial charge in [-0.3, -0.25) is 4.79 Å². The molecule has 0 radical (unpaired) electrons. The highest BCUT2D eigenvalue weighted by Crippen LogP contribution is 2.31. The second-order valence-corrected chi connectivity index (χ2v) is 8.01. The van der Waals surface area contributed by atoms with Crippen molar-refractivity contribution in [1.29, 1.82) is 0 Å². The van der Waals surface area contributed by atoms with E-state index in [9.17, 15) is 18.0 Å². The molecule has 0 unspecified atom stereocenters. The van der Waals surface area contributed by atoms with E-state index in [2.05, 4.69) is 32.4 Å². The van der Waals surface area contributed by atoms with Crippen LogP contribution in [0.1, 0.15) is 5.56 Å². The summed E-state index contributed by atoms with van der Waals surface area (Å²) in [5, 5.41) is 11.3. The lowest BCUT2D eigenvalue weighted by atomic mass is 10.1. The topological polar surface area (TPSA) is 70.6 Å². The number of hydrogen-bond acceptors (Lipinski definition) is 6. The number of amides is 1. The highest BCUT2D eigenvalue weighted by atomic mass is 19.4. The summed E-state index contributed by atoms with van der Waals surface area (Å²) in [6, 6.07) is 15.3. The normalized spacial score (nSPS) is 14.6. The van der Waals surface area contributed by atoms with Crippen LogP contribution < -0.4 is 15.0 Å². The third-order valence-electron chi connectivity index (χ3n) is 5.47. The quantitative estimate of drug-likeness (QED) is 0.588. The number of carbonyl (C=O) groups is 1. The first-order chi connectivity index (χ1) is 16.3. The lowest BCUT2D eigenvalue weighted by molar-refractivity contribution is -0.137. The Kier molecular flexibility index (Phi) is 6.97. The van der Waals surface area contributed by atoms with Crippen LogP contribution >= 0.6 is 0 Å². The zero-order valence-electron chi connectivity index (χ0n) is 18.5. The maximum absolute atomic E-state index is 12.8. The molecule has 10 heteroatoms. The molecule has 7 nitrogen and oxygen atoms in total. The molecule has 3 aromatic rings. The smallest absolute Gasteiger partial charge is 0.416 e. The number of ether oxygens (including phenoxy) is 1. The van der Waals surface area contributed by atoms with Crippen molar-refractivity contribution in [3.8, 4) is 17.0 Å². The van der Waals surface area contributed by atoms with Crippen molar-refractivity contribution >= 4 is 17.4 Å². The van der Waals surface area contributed by atoms with Gasteiger partial charge in [0, 0.05) is 37.4 Å². The number of alkyl halides is 3. The van der Waals surface area contributed by atoms with Crippen LogP contribution in [0.25, 0.3) is 11.3 Å². The summed E-state index contributed by atoms with van der Waals surface area (Å²) >= 11 is 0.